The van der Waals surface area contributed by atoms with Crippen LogP contribution >= 0.6 is 11.8 Å². The number of benzene rings is 1. The third kappa shape index (κ3) is 4.09. The van der Waals surface area contributed by atoms with E-state index in [1.807, 2.05) is 18.4 Å². The number of hydrogen-bond acceptors (Lipinski definition) is 4. The quantitative estimate of drug-likeness (QED) is 0.614. The van der Waals surface area contributed by atoms with Crippen molar-refractivity contribution in [3.63, 3.8) is 0 Å². The van der Waals surface area contributed by atoms with Crippen molar-refractivity contribution in [3.8, 4) is 23.8 Å². The van der Waals surface area contributed by atoms with E-state index in [0.717, 1.165) is 29.4 Å². The molecule has 4 heteroatoms. The lowest BCUT2D eigenvalue weighted by Crippen LogP contribution is -2.26. The van der Waals surface area contributed by atoms with E-state index >= 15 is 0 Å². The van der Waals surface area contributed by atoms with E-state index in [-0.39, 0.29) is 6.04 Å². The van der Waals surface area contributed by atoms with Crippen LogP contribution in [0, 0.1) is 12.3 Å². The summed E-state index contributed by atoms with van der Waals surface area (Å²) in [5, 5.41) is 3.35. The van der Waals surface area contributed by atoms with Crippen LogP contribution in [0.25, 0.3) is 0 Å². The molecule has 1 atom stereocenters. The maximum absolute atomic E-state index is 5.46. The van der Waals surface area contributed by atoms with Crippen LogP contribution < -0.4 is 14.8 Å². The molecule has 0 saturated heterocycles. The van der Waals surface area contributed by atoms with Gasteiger partial charge in [-0.25, -0.2) is 0 Å². The average Bonchev–Trinajstić information content (AvgIpc) is 2.47. The van der Waals surface area contributed by atoms with Crippen molar-refractivity contribution in [2.75, 3.05) is 20.5 Å². The van der Waals surface area contributed by atoms with Gasteiger partial charge < -0.3 is 9.47 Å². The number of nitrogens with one attached hydrogen (secondary N) is 1. The highest BCUT2D eigenvalue weighted by Crippen LogP contribution is 2.34. The molecule has 1 rings (SSSR count). The Morgan fingerprint density at radius 1 is 1.32 bits per heavy atom. The van der Waals surface area contributed by atoms with Crippen molar-refractivity contribution in [2.24, 2.45) is 0 Å². The average molecular weight is 279 g/mol. The molecule has 0 saturated carbocycles. The number of thioether (sulfide) groups is 1. The van der Waals surface area contributed by atoms with Gasteiger partial charge in [-0.05, 0) is 30.4 Å². The van der Waals surface area contributed by atoms with Gasteiger partial charge in [0.2, 0.25) is 0 Å². The number of ether oxygens (including phenoxy) is 2. The van der Waals surface area contributed by atoms with Gasteiger partial charge in [-0.2, -0.15) is 0 Å². The predicted octanol–water partition coefficient (Wildman–Crippen LogP) is 2.93. The first kappa shape index (κ1) is 15.7. The number of methoxy groups -OCH3 is 2. The van der Waals surface area contributed by atoms with E-state index in [0.29, 0.717) is 0 Å². The Morgan fingerprint density at radius 3 is 2.42 bits per heavy atom. The molecule has 3 nitrogen and oxygen atoms in total. The van der Waals surface area contributed by atoms with Gasteiger partial charge in [0.15, 0.2) is 11.5 Å². The van der Waals surface area contributed by atoms with E-state index in [1.165, 1.54) is 5.56 Å². The van der Waals surface area contributed by atoms with Gasteiger partial charge in [0.25, 0.3) is 0 Å². The van der Waals surface area contributed by atoms with Gasteiger partial charge in [0.1, 0.15) is 0 Å². The predicted molar refractivity (Wildman–Crippen MR) is 81.1 cm³/mol. The standard InChI is InChI=1S/C15H21NO2S/c1-6-12(7-2)16-10-11-8-13(17-3)14(18-4)9-15(11)19-5/h1,8-9,12,16H,7,10H2,2-5H3. The van der Waals surface area contributed by atoms with E-state index in [2.05, 4.69) is 18.2 Å². The molecule has 1 unspecified atom stereocenters. The monoisotopic (exact) mass is 279 g/mol. The van der Waals surface area contributed by atoms with Crippen molar-refractivity contribution in [1.29, 1.82) is 0 Å². The topological polar surface area (TPSA) is 30.5 Å². The Labute approximate surface area is 120 Å². The molecular formula is C15H21NO2S. The molecule has 0 radical (unpaired) electrons. The molecular weight excluding hydrogens is 258 g/mol. The third-order valence-corrected chi connectivity index (χ3v) is 3.75. The maximum Gasteiger partial charge on any atom is 0.161 e. The van der Waals surface area contributed by atoms with Gasteiger partial charge in [0, 0.05) is 11.4 Å². The molecule has 0 bridgehead atoms. The van der Waals surface area contributed by atoms with E-state index in [4.69, 9.17) is 15.9 Å². The van der Waals surface area contributed by atoms with Crippen LogP contribution in [0.3, 0.4) is 0 Å². The molecule has 1 aromatic rings. The van der Waals surface area contributed by atoms with Gasteiger partial charge in [-0.15, -0.1) is 18.2 Å². The van der Waals surface area contributed by atoms with Gasteiger partial charge >= 0.3 is 0 Å². The number of hydrogen-bond donors (Lipinski definition) is 1. The molecule has 1 aromatic carbocycles. The van der Waals surface area contributed by atoms with Crippen LogP contribution in [0.5, 0.6) is 11.5 Å². The Kier molecular flexibility index (Phi) is 6.61. The molecule has 0 aliphatic carbocycles. The largest absolute Gasteiger partial charge is 0.493 e. The summed E-state index contributed by atoms with van der Waals surface area (Å²) in [6.45, 7) is 2.79. The number of terminal acetylenes is 1. The molecule has 19 heavy (non-hydrogen) atoms. The van der Waals surface area contributed by atoms with E-state index in [9.17, 15) is 0 Å². The molecule has 0 aromatic heterocycles. The van der Waals surface area contributed by atoms with Crippen LogP contribution in [-0.2, 0) is 6.54 Å². The lowest BCUT2D eigenvalue weighted by Gasteiger charge is -2.16. The van der Waals surface area contributed by atoms with Crippen LogP contribution in [0.4, 0.5) is 0 Å². The zero-order valence-corrected chi connectivity index (χ0v) is 12.8. The first-order valence-electron chi connectivity index (χ1n) is 6.18. The normalized spacial score (nSPS) is 11.7. The maximum atomic E-state index is 5.46. The minimum Gasteiger partial charge on any atom is -0.493 e. The SMILES string of the molecule is C#CC(CC)NCc1cc(OC)c(OC)cc1SC. The van der Waals surface area contributed by atoms with Crippen LogP contribution in [0.2, 0.25) is 0 Å². The lowest BCUT2D eigenvalue weighted by molar-refractivity contribution is 0.353. The van der Waals surface area contributed by atoms with Crippen LogP contribution in [0.1, 0.15) is 18.9 Å². The van der Waals surface area contributed by atoms with Crippen molar-refractivity contribution >= 4 is 11.8 Å². The Bertz CT molecular complexity index is 454. The van der Waals surface area contributed by atoms with E-state index < -0.39 is 0 Å². The highest BCUT2D eigenvalue weighted by Gasteiger charge is 2.11. The van der Waals surface area contributed by atoms with E-state index in [1.54, 1.807) is 26.0 Å². The highest BCUT2D eigenvalue weighted by atomic mass is 32.2. The fourth-order valence-electron chi connectivity index (χ4n) is 1.78. The van der Waals surface area contributed by atoms with Crippen molar-refractivity contribution in [2.45, 2.75) is 30.8 Å². The summed E-state index contributed by atoms with van der Waals surface area (Å²) in [6.07, 6.45) is 8.42. The van der Waals surface area contributed by atoms with Crippen molar-refractivity contribution in [3.05, 3.63) is 17.7 Å². The molecule has 104 valence electrons. The van der Waals surface area contributed by atoms with Crippen LogP contribution in [0.15, 0.2) is 17.0 Å². The van der Waals surface area contributed by atoms with Gasteiger partial charge in [-0.1, -0.05) is 12.8 Å². The summed E-state index contributed by atoms with van der Waals surface area (Å²) >= 11 is 1.68. The first-order chi connectivity index (χ1) is 9.19. The molecule has 0 heterocycles. The second-order valence-electron chi connectivity index (χ2n) is 4.03. The number of rotatable bonds is 7. The molecule has 0 fully saturated rings. The lowest BCUT2D eigenvalue weighted by atomic mass is 10.1. The zero-order chi connectivity index (χ0) is 14.3. The third-order valence-electron chi connectivity index (χ3n) is 2.93. The zero-order valence-electron chi connectivity index (χ0n) is 11.9. The smallest absolute Gasteiger partial charge is 0.161 e. The molecule has 0 spiro atoms. The summed E-state index contributed by atoms with van der Waals surface area (Å²) in [5.41, 5.74) is 1.17. The second kappa shape index (κ2) is 7.98. The highest BCUT2D eigenvalue weighted by molar-refractivity contribution is 7.98. The summed E-state index contributed by atoms with van der Waals surface area (Å²) in [7, 11) is 3.29. The fraction of sp³-hybridized carbons (Fsp3) is 0.467. The molecule has 0 aliphatic rings. The van der Waals surface area contributed by atoms with Gasteiger partial charge in [-0.3, -0.25) is 5.32 Å². The second-order valence-corrected chi connectivity index (χ2v) is 4.88. The summed E-state index contributed by atoms with van der Waals surface area (Å²) < 4.78 is 10.6. The summed E-state index contributed by atoms with van der Waals surface area (Å²) in [5.74, 6) is 4.23. The molecule has 0 amide bonds. The van der Waals surface area contributed by atoms with Crippen LogP contribution in [-0.4, -0.2) is 26.5 Å². The van der Waals surface area contributed by atoms with Crippen molar-refractivity contribution in [1.82, 2.24) is 5.32 Å². The Hall–Kier alpha value is -1.31. The Morgan fingerprint density at radius 2 is 1.95 bits per heavy atom. The molecule has 0 aliphatic heterocycles. The first-order valence-corrected chi connectivity index (χ1v) is 7.41. The summed E-state index contributed by atoms with van der Waals surface area (Å²) in [6, 6.07) is 4.10. The fourth-order valence-corrected chi connectivity index (χ4v) is 2.40. The molecule has 1 N–H and O–H groups in total. The Balaban J connectivity index is 2.96. The minimum atomic E-state index is 0.0998. The minimum absolute atomic E-state index is 0.0998. The summed E-state index contributed by atoms with van der Waals surface area (Å²) in [4.78, 5) is 1.16. The van der Waals surface area contributed by atoms with Crippen molar-refractivity contribution < 1.29 is 9.47 Å². The van der Waals surface area contributed by atoms with Gasteiger partial charge in [0.05, 0.1) is 20.3 Å².